The molecule has 9 nitrogen and oxygen atoms in total. The first kappa shape index (κ1) is 27.8. The van der Waals surface area contributed by atoms with Gasteiger partial charge in [0.1, 0.15) is 0 Å². The molecule has 2 aromatic rings. The Kier molecular flexibility index (Phi) is 8.49. The number of carbonyl (C=O) groups is 4. The Morgan fingerprint density at radius 1 is 0.975 bits per heavy atom. The van der Waals surface area contributed by atoms with Crippen molar-refractivity contribution in [3.63, 3.8) is 0 Å². The topological polar surface area (TPSA) is 116 Å². The normalized spacial score (nSPS) is 19.5. The predicted molar refractivity (Wildman–Crippen MR) is 154 cm³/mol. The fourth-order valence-electron chi connectivity index (χ4n) is 6.41. The molecule has 212 valence electrons. The summed E-state index contributed by atoms with van der Waals surface area (Å²) in [6, 6.07) is 13.5. The van der Waals surface area contributed by atoms with Gasteiger partial charge in [-0.15, -0.1) is 0 Å². The number of nitrogens with two attached hydrogens (primary N) is 1. The highest BCUT2D eigenvalue weighted by atomic mass is 16.2. The summed E-state index contributed by atoms with van der Waals surface area (Å²) in [7, 11) is 0. The van der Waals surface area contributed by atoms with Crippen LogP contribution in [0.2, 0.25) is 0 Å². The zero-order valence-corrected chi connectivity index (χ0v) is 23.2. The summed E-state index contributed by atoms with van der Waals surface area (Å²) < 4.78 is 0. The van der Waals surface area contributed by atoms with Gasteiger partial charge in [-0.3, -0.25) is 29.4 Å². The van der Waals surface area contributed by atoms with Crippen molar-refractivity contribution in [1.82, 2.24) is 15.1 Å². The number of hydrogen-bond donors (Lipinski definition) is 2. The van der Waals surface area contributed by atoms with Gasteiger partial charge in [0.05, 0.1) is 11.1 Å². The van der Waals surface area contributed by atoms with Crippen molar-refractivity contribution in [1.29, 1.82) is 0 Å². The molecule has 2 saturated heterocycles. The van der Waals surface area contributed by atoms with E-state index in [2.05, 4.69) is 27.2 Å². The molecule has 4 amide bonds. The predicted octanol–water partition coefficient (Wildman–Crippen LogP) is 3.40. The summed E-state index contributed by atoms with van der Waals surface area (Å²) in [5.74, 6) is 0.214. The number of anilines is 2. The Labute approximate surface area is 235 Å². The van der Waals surface area contributed by atoms with E-state index >= 15 is 0 Å². The van der Waals surface area contributed by atoms with E-state index in [1.165, 1.54) is 23.3 Å². The van der Waals surface area contributed by atoms with Crippen LogP contribution in [0.4, 0.5) is 11.4 Å². The van der Waals surface area contributed by atoms with Crippen molar-refractivity contribution in [3.05, 3.63) is 59.2 Å². The first-order valence-electron chi connectivity index (χ1n) is 14.4. The molecule has 2 fully saturated rings. The number of rotatable bonds is 9. The van der Waals surface area contributed by atoms with Crippen LogP contribution >= 0.6 is 0 Å². The second-order valence-corrected chi connectivity index (χ2v) is 11.5. The highest BCUT2D eigenvalue weighted by molar-refractivity contribution is 6.22. The van der Waals surface area contributed by atoms with Crippen LogP contribution in [0, 0.1) is 5.92 Å². The summed E-state index contributed by atoms with van der Waals surface area (Å²) in [5.41, 5.74) is 9.88. The number of hydrogen-bond acceptors (Lipinski definition) is 7. The second kappa shape index (κ2) is 12.2. The molecular weight excluding hydrogens is 506 g/mol. The molecule has 3 aliphatic rings. The largest absolute Gasteiger partial charge is 0.399 e. The molecule has 1 atom stereocenters. The van der Waals surface area contributed by atoms with Gasteiger partial charge in [0.15, 0.2) is 0 Å². The lowest BCUT2D eigenvalue weighted by Gasteiger charge is -2.38. The van der Waals surface area contributed by atoms with E-state index in [0.29, 0.717) is 35.8 Å². The van der Waals surface area contributed by atoms with E-state index in [-0.39, 0.29) is 18.2 Å². The molecule has 9 heteroatoms. The van der Waals surface area contributed by atoms with Gasteiger partial charge >= 0.3 is 0 Å². The van der Waals surface area contributed by atoms with Gasteiger partial charge in [-0.2, -0.15) is 0 Å². The van der Waals surface area contributed by atoms with Crippen LogP contribution in [-0.2, 0) is 9.59 Å². The van der Waals surface area contributed by atoms with Crippen LogP contribution in [0.1, 0.15) is 77.6 Å². The smallest absolute Gasteiger partial charge is 0.261 e. The standard InChI is InChI=1S/C31H39N5O4/c1-21(2-9-29(38)33-20-37)36-30(39)27-8-7-26(18-28(27)31(36)40)35-16-10-22(11-17-35)19-34-14-12-24(13-15-34)23-3-5-25(32)6-4-23/h3-8,18,20-22,24H,2,9-17,19,32H2,1H3,(H,33,37,38). The Balaban J connectivity index is 1.11. The van der Waals surface area contributed by atoms with Crippen molar-refractivity contribution < 1.29 is 19.2 Å². The Morgan fingerprint density at radius 2 is 1.65 bits per heavy atom. The number of nitrogens with zero attached hydrogens (tertiary/aromatic N) is 3. The van der Waals surface area contributed by atoms with E-state index < -0.39 is 11.9 Å². The minimum Gasteiger partial charge on any atom is -0.399 e. The van der Waals surface area contributed by atoms with E-state index in [1.54, 1.807) is 13.0 Å². The number of amides is 4. The molecule has 3 heterocycles. The fourth-order valence-corrected chi connectivity index (χ4v) is 6.41. The van der Waals surface area contributed by atoms with Crippen molar-refractivity contribution in [3.8, 4) is 0 Å². The molecule has 0 aliphatic carbocycles. The molecule has 40 heavy (non-hydrogen) atoms. The molecule has 3 aliphatic heterocycles. The summed E-state index contributed by atoms with van der Waals surface area (Å²) in [6.07, 6.45) is 5.28. The molecule has 2 aromatic carbocycles. The maximum Gasteiger partial charge on any atom is 0.261 e. The van der Waals surface area contributed by atoms with Gasteiger partial charge in [-0.05, 0) is 99.8 Å². The van der Waals surface area contributed by atoms with Crippen molar-refractivity contribution in [2.75, 3.05) is 43.4 Å². The lowest BCUT2D eigenvalue weighted by atomic mass is 9.88. The van der Waals surface area contributed by atoms with Crippen LogP contribution in [-0.4, -0.2) is 72.7 Å². The zero-order chi connectivity index (χ0) is 28.2. The minimum absolute atomic E-state index is 0.0636. The average molecular weight is 546 g/mol. The second-order valence-electron chi connectivity index (χ2n) is 11.5. The number of nitrogen functional groups attached to an aromatic ring is 1. The SMILES string of the molecule is CC(CCC(=O)NC=O)N1C(=O)c2ccc(N3CCC(CN4CCC(c5ccc(N)cc5)CC4)CC3)cc2C1=O. The molecule has 0 aromatic heterocycles. The van der Waals surface area contributed by atoms with Crippen LogP contribution in [0.5, 0.6) is 0 Å². The number of benzene rings is 2. The Morgan fingerprint density at radius 3 is 2.33 bits per heavy atom. The highest BCUT2D eigenvalue weighted by Gasteiger charge is 2.39. The third kappa shape index (κ3) is 6.04. The monoisotopic (exact) mass is 545 g/mol. The van der Waals surface area contributed by atoms with Crippen LogP contribution in [0.15, 0.2) is 42.5 Å². The van der Waals surface area contributed by atoms with Gasteiger partial charge < -0.3 is 15.5 Å². The first-order chi connectivity index (χ1) is 19.3. The van der Waals surface area contributed by atoms with Crippen LogP contribution < -0.4 is 16.0 Å². The molecule has 1 unspecified atom stereocenters. The summed E-state index contributed by atoms with van der Waals surface area (Å²) in [5, 5.41) is 2.09. The van der Waals surface area contributed by atoms with E-state index in [1.807, 2.05) is 24.3 Å². The summed E-state index contributed by atoms with van der Waals surface area (Å²) >= 11 is 0. The maximum atomic E-state index is 13.2. The fraction of sp³-hybridized carbons (Fsp3) is 0.484. The average Bonchev–Trinajstić information content (AvgIpc) is 3.22. The molecular formula is C31H39N5O4. The molecule has 0 spiro atoms. The van der Waals surface area contributed by atoms with E-state index in [4.69, 9.17) is 5.73 Å². The molecule has 0 saturated carbocycles. The molecule has 0 bridgehead atoms. The highest BCUT2D eigenvalue weighted by Crippen LogP contribution is 2.33. The number of carbonyl (C=O) groups excluding carboxylic acids is 4. The van der Waals surface area contributed by atoms with Crippen molar-refractivity contribution >= 4 is 35.5 Å². The van der Waals surface area contributed by atoms with E-state index in [0.717, 1.165) is 56.9 Å². The zero-order valence-electron chi connectivity index (χ0n) is 23.2. The Hall–Kier alpha value is -3.72. The maximum absolute atomic E-state index is 13.2. The number of piperidine rings is 2. The first-order valence-corrected chi connectivity index (χ1v) is 14.4. The minimum atomic E-state index is -0.444. The van der Waals surface area contributed by atoms with Crippen molar-refractivity contribution in [2.45, 2.75) is 57.4 Å². The lowest BCUT2D eigenvalue weighted by Crippen LogP contribution is -2.41. The lowest BCUT2D eigenvalue weighted by molar-refractivity contribution is -0.125. The van der Waals surface area contributed by atoms with Crippen LogP contribution in [0.3, 0.4) is 0 Å². The third-order valence-electron chi connectivity index (χ3n) is 8.84. The quantitative estimate of drug-likeness (QED) is 0.282. The summed E-state index contributed by atoms with van der Waals surface area (Å²) in [4.78, 5) is 54.4. The number of fused-ring (bicyclic) bond motifs is 1. The van der Waals surface area contributed by atoms with Gasteiger partial charge in [0.25, 0.3) is 11.8 Å². The number of imide groups is 2. The molecule has 3 N–H and O–H groups in total. The number of likely N-dealkylation sites (tertiary alicyclic amines) is 1. The molecule has 5 rings (SSSR count). The number of nitrogens with one attached hydrogen (secondary N) is 1. The Bertz CT molecular complexity index is 1250. The van der Waals surface area contributed by atoms with E-state index in [9.17, 15) is 19.2 Å². The summed E-state index contributed by atoms with van der Waals surface area (Å²) in [6.45, 7) is 7.01. The third-order valence-corrected chi connectivity index (χ3v) is 8.84. The van der Waals surface area contributed by atoms with Crippen LogP contribution in [0.25, 0.3) is 0 Å². The van der Waals surface area contributed by atoms with Gasteiger partial charge in [-0.1, -0.05) is 12.1 Å². The van der Waals surface area contributed by atoms with Gasteiger partial charge in [-0.25, -0.2) is 0 Å². The van der Waals surface area contributed by atoms with Gasteiger partial charge in [0, 0.05) is 43.5 Å². The van der Waals surface area contributed by atoms with Crippen molar-refractivity contribution in [2.24, 2.45) is 5.92 Å². The molecule has 0 radical (unpaired) electrons. The van der Waals surface area contributed by atoms with Gasteiger partial charge in [0.2, 0.25) is 12.3 Å².